The molecule has 1 fully saturated rings. The van der Waals surface area contributed by atoms with Crippen LogP contribution >= 0.6 is 0 Å². The third-order valence-corrected chi connectivity index (χ3v) is 4.56. The monoisotopic (exact) mass is 345 g/mol. The molecule has 0 atom stereocenters. The van der Waals surface area contributed by atoms with Crippen LogP contribution in [0.15, 0.2) is 17.6 Å². The van der Waals surface area contributed by atoms with E-state index in [1.54, 1.807) is 12.7 Å². The predicted molar refractivity (Wildman–Crippen MR) is 95.3 cm³/mol. The Morgan fingerprint density at radius 2 is 2.20 bits per heavy atom. The van der Waals surface area contributed by atoms with Gasteiger partial charge in [-0.1, -0.05) is 6.92 Å². The number of piperidine rings is 1. The van der Waals surface area contributed by atoms with Crippen LogP contribution in [-0.2, 0) is 13.0 Å². The van der Waals surface area contributed by atoms with Crippen molar-refractivity contribution in [3.05, 3.63) is 24.3 Å². The molecule has 0 amide bonds. The Hall–Kier alpha value is -2.45. The lowest BCUT2D eigenvalue weighted by molar-refractivity contribution is 0.298. The van der Waals surface area contributed by atoms with Crippen molar-refractivity contribution in [1.82, 2.24) is 40.2 Å². The molecule has 136 valence electrons. The van der Waals surface area contributed by atoms with Crippen LogP contribution in [0, 0.1) is 0 Å². The SMILES string of the molecule is CCNC(=NCCn1cnnc1CC)N1CCC(c2ncn[nH]2)CC1. The Balaban J connectivity index is 1.55. The number of H-pyrrole nitrogens is 1. The van der Waals surface area contributed by atoms with E-state index in [0.29, 0.717) is 5.92 Å². The summed E-state index contributed by atoms with van der Waals surface area (Å²) < 4.78 is 2.07. The summed E-state index contributed by atoms with van der Waals surface area (Å²) in [5, 5.41) is 18.5. The van der Waals surface area contributed by atoms with Crippen molar-refractivity contribution in [1.29, 1.82) is 0 Å². The van der Waals surface area contributed by atoms with Gasteiger partial charge in [0.15, 0.2) is 5.96 Å². The number of hydrogen-bond acceptors (Lipinski definition) is 5. The van der Waals surface area contributed by atoms with Crippen LogP contribution in [0.25, 0.3) is 0 Å². The van der Waals surface area contributed by atoms with Crippen molar-refractivity contribution in [3.8, 4) is 0 Å². The molecule has 9 heteroatoms. The molecule has 3 rings (SSSR count). The highest BCUT2D eigenvalue weighted by Crippen LogP contribution is 2.24. The number of aliphatic imine (C=N–C) groups is 1. The normalized spacial score (nSPS) is 16.4. The first-order chi connectivity index (χ1) is 12.3. The second kappa shape index (κ2) is 8.59. The van der Waals surface area contributed by atoms with Crippen molar-refractivity contribution in [3.63, 3.8) is 0 Å². The summed E-state index contributed by atoms with van der Waals surface area (Å²) in [6.07, 6.45) is 6.38. The van der Waals surface area contributed by atoms with Gasteiger partial charge in [0.05, 0.1) is 6.54 Å². The fourth-order valence-corrected chi connectivity index (χ4v) is 3.21. The van der Waals surface area contributed by atoms with Gasteiger partial charge in [0.2, 0.25) is 0 Å². The molecule has 1 aliphatic rings. The van der Waals surface area contributed by atoms with Gasteiger partial charge in [-0.25, -0.2) is 4.98 Å². The van der Waals surface area contributed by atoms with E-state index < -0.39 is 0 Å². The number of aromatic amines is 1. The van der Waals surface area contributed by atoms with Crippen molar-refractivity contribution >= 4 is 5.96 Å². The molecule has 1 saturated heterocycles. The van der Waals surface area contributed by atoms with E-state index in [0.717, 1.165) is 69.6 Å². The summed E-state index contributed by atoms with van der Waals surface area (Å²) in [5.41, 5.74) is 0. The van der Waals surface area contributed by atoms with Gasteiger partial charge in [-0.15, -0.1) is 10.2 Å². The van der Waals surface area contributed by atoms with Gasteiger partial charge >= 0.3 is 0 Å². The zero-order chi connectivity index (χ0) is 17.5. The molecular formula is C16H27N9. The second-order valence-corrected chi connectivity index (χ2v) is 6.16. The Bertz CT molecular complexity index is 653. The molecule has 0 aromatic carbocycles. The number of rotatable bonds is 6. The summed E-state index contributed by atoms with van der Waals surface area (Å²) >= 11 is 0. The summed E-state index contributed by atoms with van der Waals surface area (Å²) in [5.74, 6) is 3.46. The maximum atomic E-state index is 4.79. The molecule has 2 N–H and O–H groups in total. The third kappa shape index (κ3) is 4.34. The van der Waals surface area contributed by atoms with Gasteiger partial charge in [-0.2, -0.15) is 5.10 Å². The molecule has 1 aliphatic heterocycles. The highest BCUT2D eigenvalue weighted by Gasteiger charge is 2.24. The molecule has 2 aromatic heterocycles. The van der Waals surface area contributed by atoms with Gasteiger partial charge in [-0.3, -0.25) is 10.1 Å². The minimum atomic E-state index is 0.464. The van der Waals surface area contributed by atoms with Gasteiger partial charge in [0, 0.05) is 38.5 Å². The standard InChI is InChI=1S/C16H27N9/c1-3-14-22-21-12-25(14)10-7-18-16(17-4-2)24-8-5-13(6-9-24)15-19-11-20-23-15/h11-13H,3-10H2,1-2H3,(H,17,18)(H,19,20,23). The van der Waals surface area contributed by atoms with Gasteiger partial charge in [-0.05, 0) is 19.8 Å². The fraction of sp³-hybridized carbons (Fsp3) is 0.688. The molecule has 3 heterocycles. The zero-order valence-corrected chi connectivity index (χ0v) is 15.0. The number of hydrogen-bond donors (Lipinski definition) is 2. The highest BCUT2D eigenvalue weighted by molar-refractivity contribution is 5.80. The number of aromatic nitrogens is 6. The summed E-state index contributed by atoms with van der Waals surface area (Å²) in [7, 11) is 0. The van der Waals surface area contributed by atoms with E-state index in [1.807, 2.05) is 0 Å². The molecule has 9 nitrogen and oxygen atoms in total. The summed E-state index contributed by atoms with van der Waals surface area (Å²) in [6.45, 7) is 8.54. The molecular weight excluding hydrogens is 318 g/mol. The highest BCUT2D eigenvalue weighted by atomic mass is 15.3. The van der Waals surface area contributed by atoms with E-state index in [-0.39, 0.29) is 0 Å². The molecule has 2 aromatic rings. The molecule has 0 unspecified atom stereocenters. The molecule has 0 radical (unpaired) electrons. The number of aryl methyl sites for hydroxylation is 1. The van der Waals surface area contributed by atoms with Crippen LogP contribution in [-0.4, -0.2) is 67.0 Å². The topological polar surface area (TPSA) is 99.9 Å². The average molecular weight is 345 g/mol. The molecule has 0 saturated carbocycles. The first-order valence-electron chi connectivity index (χ1n) is 9.07. The van der Waals surface area contributed by atoms with Crippen molar-refractivity contribution in [2.45, 2.75) is 45.6 Å². The average Bonchev–Trinajstić information content (AvgIpc) is 3.33. The predicted octanol–water partition coefficient (Wildman–Crippen LogP) is 0.804. The molecule has 0 aliphatic carbocycles. The van der Waals surface area contributed by atoms with E-state index in [1.165, 1.54) is 0 Å². The van der Waals surface area contributed by atoms with Crippen LogP contribution in [0.1, 0.15) is 44.3 Å². The smallest absolute Gasteiger partial charge is 0.193 e. The number of likely N-dealkylation sites (tertiary alicyclic amines) is 1. The first kappa shape index (κ1) is 17.4. The molecule has 0 bridgehead atoms. The van der Waals surface area contributed by atoms with E-state index in [9.17, 15) is 0 Å². The maximum Gasteiger partial charge on any atom is 0.193 e. The number of guanidine groups is 1. The Morgan fingerprint density at radius 3 is 2.88 bits per heavy atom. The largest absolute Gasteiger partial charge is 0.357 e. The zero-order valence-electron chi connectivity index (χ0n) is 15.0. The summed E-state index contributed by atoms with van der Waals surface area (Å²) in [6, 6.07) is 0. The lowest BCUT2D eigenvalue weighted by Gasteiger charge is -2.33. The van der Waals surface area contributed by atoms with Crippen molar-refractivity contribution in [2.24, 2.45) is 4.99 Å². The lowest BCUT2D eigenvalue weighted by atomic mass is 9.96. The quantitative estimate of drug-likeness (QED) is 0.593. The van der Waals surface area contributed by atoms with E-state index >= 15 is 0 Å². The van der Waals surface area contributed by atoms with Crippen LogP contribution in [0.5, 0.6) is 0 Å². The number of nitrogens with zero attached hydrogens (tertiary/aromatic N) is 7. The van der Waals surface area contributed by atoms with Crippen molar-refractivity contribution < 1.29 is 0 Å². The van der Waals surface area contributed by atoms with E-state index in [2.05, 4.69) is 54.0 Å². The van der Waals surface area contributed by atoms with Gasteiger partial charge in [0.25, 0.3) is 0 Å². The maximum absolute atomic E-state index is 4.79. The first-order valence-corrected chi connectivity index (χ1v) is 9.07. The van der Waals surface area contributed by atoms with Crippen LogP contribution < -0.4 is 5.32 Å². The van der Waals surface area contributed by atoms with E-state index in [4.69, 9.17) is 4.99 Å². The molecule has 25 heavy (non-hydrogen) atoms. The van der Waals surface area contributed by atoms with Gasteiger partial charge < -0.3 is 14.8 Å². The van der Waals surface area contributed by atoms with Gasteiger partial charge in [0.1, 0.15) is 24.3 Å². The Labute approximate surface area is 148 Å². The fourth-order valence-electron chi connectivity index (χ4n) is 3.21. The van der Waals surface area contributed by atoms with Crippen LogP contribution in [0.3, 0.4) is 0 Å². The van der Waals surface area contributed by atoms with Crippen molar-refractivity contribution in [2.75, 3.05) is 26.2 Å². The minimum absolute atomic E-state index is 0.464. The Morgan fingerprint density at radius 1 is 1.36 bits per heavy atom. The molecule has 0 spiro atoms. The van der Waals surface area contributed by atoms with Crippen LogP contribution in [0.4, 0.5) is 0 Å². The second-order valence-electron chi connectivity index (χ2n) is 6.16. The van der Waals surface area contributed by atoms with Crippen LogP contribution in [0.2, 0.25) is 0 Å². The summed E-state index contributed by atoms with van der Waals surface area (Å²) in [4.78, 5) is 11.4. The number of nitrogens with one attached hydrogen (secondary N) is 2. The third-order valence-electron chi connectivity index (χ3n) is 4.56. The minimum Gasteiger partial charge on any atom is -0.357 e. The Kier molecular flexibility index (Phi) is 5.97. The lowest BCUT2D eigenvalue weighted by Crippen LogP contribution is -2.45.